The summed E-state index contributed by atoms with van der Waals surface area (Å²) >= 11 is 5.22. The Morgan fingerprint density at radius 2 is 2.40 bits per heavy atom. The van der Waals surface area contributed by atoms with Crippen LogP contribution in [-0.2, 0) is 15.9 Å². The number of hydrogen-bond donors (Lipinski definition) is 0. The van der Waals surface area contributed by atoms with Gasteiger partial charge in [-0.15, -0.1) is 11.3 Å². The highest BCUT2D eigenvalue weighted by Gasteiger charge is 2.13. The topological polar surface area (TPSA) is 18.5 Å². The molecule has 1 saturated heterocycles. The van der Waals surface area contributed by atoms with Crippen molar-refractivity contribution in [3.8, 4) is 0 Å². The summed E-state index contributed by atoms with van der Waals surface area (Å²) in [4.78, 5) is 1.36. The first kappa shape index (κ1) is 11.6. The summed E-state index contributed by atoms with van der Waals surface area (Å²) in [5.41, 5.74) is 0. The molecule has 0 bridgehead atoms. The van der Waals surface area contributed by atoms with Gasteiger partial charge in [-0.05, 0) is 47.3 Å². The first-order valence-corrected chi connectivity index (χ1v) is 6.93. The highest BCUT2D eigenvalue weighted by molar-refractivity contribution is 9.11. The molecular formula is C11H15BrO2S. The number of ether oxygens (including phenoxy) is 2. The third kappa shape index (κ3) is 3.87. The van der Waals surface area contributed by atoms with Gasteiger partial charge >= 0.3 is 0 Å². The molecule has 0 spiro atoms. The van der Waals surface area contributed by atoms with Crippen molar-refractivity contribution in [2.24, 2.45) is 0 Å². The van der Waals surface area contributed by atoms with Crippen molar-refractivity contribution in [3.63, 3.8) is 0 Å². The smallest absolute Gasteiger partial charge is 0.157 e. The third-order valence-corrected chi connectivity index (χ3v) is 4.10. The zero-order chi connectivity index (χ0) is 10.5. The molecule has 1 aromatic rings. The molecule has 1 atom stereocenters. The minimum Gasteiger partial charge on any atom is -0.353 e. The van der Waals surface area contributed by atoms with E-state index in [1.807, 2.05) is 0 Å². The molecule has 2 heterocycles. The van der Waals surface area contributed by atoms with Crippen molar-refractivity contribution < 1.29 is 9.47 Å². The van der Waals surface area contributed by atoms with Crippen molar-refractivity contribution in [1.29, 1.82) is 0 Å². The summed E-state index contributed by atoms with van der Waals surface area (Å²) in [6, 6.07) is 4.22. The number of halogens is 1. The second-order valence-electron chi connectivity index (χ2n) is 3.62. The maximum Gasteiger partial charge on any atom is 0.157 e. The zero-order valence-corrected chi connectivity index (χ0v) is 11.0. The molecule has 0 aliphatic carbocycles. The number of rotatable bonds is 4. The van der Waals surface area contributed by atoms with E-state index in [4.69, 9.17) is 9.47 Å². The summed E-state index contributed by atoms with van der Waals surface area (Å²) in [5, 5.41) is 0. The SMILES string of the molecule is Brc1ccc(CCOC2CCCCO2)s1. The minimum absolute atomic E-state index is 0.0437. The third-order valence-electron chi connectivity index (χ3n) is 2.42. The quantitative estimate of drug-likeness (QED) is 0.844. The van der Waals surface area contributed by atoms with Crippen molar-refractivity contribution >= 4 is 27.3 Å². The molecule has 0 aromatic carbocycles. The second-order valence-corrected chi connectivity index (χ2v) is 6.17. The molecule has 0 N–H and O–H groups in total. The first-order chi connectivity index (χ1) is 7.34. The van der Waals surface area contributed by atoms with E-state index in [1.165, 1.54) is 21.5 Å². The van der Waals surface area contributed by atoms with Gasteiger partial charge in [-0.25, -0.2) is 0 Å². The van der Waals surface area contributed by atoms with Gasteiger partial charge < -0.3 is 9.47 Å². The second kappa shape index (κ2) is 5.99. The molecule has 2 nitrogen and oxygen atoms in total. The largest absolute Gasteiger partial charge is 0.353 e. The van der Waals surface area contributed by atoms with E-state index < -0.39 is 0 Å². The first-order valence-electron chi connectivity index (χ1n) is 5.32. The Kier molecular flexibility index (Phi) is 4.62. The average molecular weight is 291 g/mol. The molecule has 1 fully saturated rings. The normalized spacial score (nSPS) is 21.8. The van der Waals surface area contributed by atoms with E-state index in [9.17, 15) is 0 Å². The van der Waals surface area contributed by atoms with Crippen molar-refractivity contribution in [1.82, 2.24) is 0 Å². The van der Waals surface area contributed by atoms with Crippen molar-refractivity contribution in [3.05, 3.63) is 20.8 Å². The van der Waals surface area contributed by atoms with Gasteiger partial charge in [0.1, 0.15) is 0 Å². The van der Waals surface area contributed by atoms with Gasteiger partial charge in [0.25, 0.3) is 0 Å². The Morgan fingerprint density at radius 1 is 1.47 bits per heavy atom. The molecule has 2 rings (SSSR count). The highest BCUT2D eigenvalue weighted by Crippen LogP contribution is 2.22. The lowest BCUT2D eigenvalue weighted by Crippen LogP contribution is -2.23. The van der Waals surface area contributed by atoms with Gasteiger partial charge in [0.2, 0.25) is 0 Å². The van der Waals surface area contributed by atoms with Gasteiger partial charge in [-0.2, -0.15) is 0 Å². The molecule has 4 heteroatoms. The van der Waals surface area contributed by atoms with Gasteiger partial charge in [-0.3, -0.25) is 0 Å². The Hall–Kier alpha value is 0.1000. The van der Waals surface area contributed by atoms with Crippen LogP contribution >= 0.6 is 27.3 Å². The van der Waals surface area contributed by atoms with Crippen LogP contribution in [0.4, 0.5) is 0 Å². The fourth-order valence-electron chi connectivity index (χ4n) is 1.62. The lowest BCUT2D eigenvalue weighted by molar-refractivity contribution is -0.161. The van der Waals surface area contributed by atoms with Crippen LogP contribution in [0.3, 0.4) is 0 Å². The predicted molar refractivity (Wildman–Crippen MR) is 65.3 cm³/mol. The standard InChI is InChI=1S/C11H15BrO2S/c12-10-5-4-9(15-10)6-8-14-11-3-1-2-7-13-11/h4-5,11H,1-3,6-8H2. The van der Waals surface area contributed by atoms with E-state index in [0.717, 1.165) is 26.1 Å². The number of hydrogen-bond acceptors (Lipinski definition) is 3. The summed E-state index contributed by atoms with van der Waals surface area (Å²) in [7, 11) is 0. The fraction of sp³-hybridized carbons (Fsp3) is 0.636. The van der Waals surface area contributed by atoms with Crippen LogP contribution in [-0.4, -0.2) is 19.5 Å². The van der Waals surface area contributed by atoms with Gasteiger partial charge in [0.05, 0.1) is 10.4 Å². The van der Waals surface area contributed by atoms with Crippen molar-refractivity contribution in [2.45, 2.75) is 32.0 Å². The van der Waals surface area contributed by atoms with Crippen LogP contribution in [0.15, 0.2) is 15.9 Å². The molecule has 1 aromatic heterocycles. The van der Waals surface area contributed by atoms with E-state index >= 15 is 0 Å². The predicted octanol–water partition coefficient (Wildman–Crippen LogP) is 3.60. The Bertz CT molecular complexity index is 295. The Labute approximate surface area is 103 Å². The highest BCUT2D eigenvalue weighted by atomic mass is 79.9. The van der Waals surface area contributed by atoms with Crippen LogP contribution < -0.4 is 0 Å². The van der Waals surface area contributed by atoms with E-state index in [1.54, 1.807) is 11.3 Å². The molecule has 0 saturated carbocycles. The summed E-state index contributed by atoms with van der Waals surface area (Å²) in [6.45, 7) is 1.62. The minimum atomic E-state index is 0.0437. The van der Waals surface area contributed by atoms with E-state index in [0.29, 0.717) is 0 Å². The van der Waals surface area contributed by atoms with E-state index in [2.05, 4.69) is 28.1 Å². The molecule has 0 amide bonds. The lowest BCUT2D eigenvalue weighted by Gasteiger charge is -2.22. The number of thiophene rings is 1. The Balaban J connectivity index is 1.65. The van der Waals surface area contributed by atoms with Crippen LogP contribution in [0.1, 0.15) is 24.1 Å². The molecule has 1 aliphatic rings. The maximum absolute atomic E-state index is 5.67. The summed E-state index contributed by atoms with van der Waals surface area (Å²) in [5.74, 6) is 0. The van der Waals surface area contributed by atoms with Crippen LogP contribution in [0.25, 0.3) is 0 Å². The molecular weight excluding hydrogens is 276 g/mol. The average Bonchev–Trinajstić information content (AvgIpc) is 2.66. The van der Waals surface area contributed by atoms with Gasteiger partial charge in [-0.1, -0.05) is 0 Å². The van der Waals surface area contributed by atoms with Crippen LogP contribution in [0, 0.1) is 0 Å². The molecule has 0 radical (unpaired) electrons. The van der Waals surface area contributed by atoms with E-state index in [-0.39, 0.29) is 6.29 Å². The monoisotopic (exact) mass is 290 g/mol. The summed E-state index contributed by atoms with van der Waals surface area (Å²) < 4.78 is 12.3. The maximum atomic E-state index is 5.67. The molecule has 15 heavy (non-hydrogen) atoms. The van der Waals surface area contributed by atoms with Crippen LogP contribution in [0.2, 0.25) is 0 Å². The molecule has 1 unspecified atom stereocenters. The fourth-order valence-corrected chi connectivity index (χ4v) is 3.08. The van der Waals surface area contributed by atoms with Crippen LogP contribution in [0.5, 0.6) is 0 Å². The van der Waals surface area contributed by atoms with Gasteiger partial charge in [0.15, 0.2) is 6.29 Å². The molecule has 1 aliphatic heterocycles. The lowest BCUT2D eigenvalue weighted by atomic mass is 10.2. The Morgan fingerprint density at radius 3 is 3.07 bits per heavy atom. The van der Waals surface area contributed by atoms with Gasteiger partial charge in [0, 0.05) is 17.9 Å². The molecule has 84 valence electrons. The summed E-state index contributed by atoms with van der Waals surface area (Å²) in [6.07, 6.45) is 4.49. The van der Waals surface area contributed by atoms with Crippen molar-refractivity contribution in [2.75, 3.05) is 13.2 Å². The zero-order valence-electron chi connectivity index (χ0n) is 8.58.